The van der Waals surface area contributed by atoms with E-state index in [0.717, 1.165) is 53.7 Å². The molecule has 1 unspecified atom stereocenters. The molecule has 0 aromatic heterocycles. The van der Waals surface area contributed by atoms with Gasteiger partial charge in [0.2, 0.25) is 0 Å². The summed E-state index contributed by atoms with van der Waals surface area (Å²) in [5, 5.41) is 9.97. The zero-order valence-electron chi connectivity index (χ0n) is 13.2. The number of aryl methyl sites for hydroxylation is 1. The van der Waals surface area contributed by atoms with E-state index in [2.05, 4.69) is 33.1 Å². The number of piperidine rings is 1. The normalized spacial score (nSPS) is 18.5. The highest BCUT2D eigenvalue weighted by Gasteiger charge is 2.25. The number of H-pyrrole nitrogens is 1. The monoisotopic (exact) mass is 308 g/mol. The van der Waals surface area contributed by atoms with Crippen LogP contribution in [0, 0.1) is 6.92 Å². The lowest BCUT2D eigenvalue weighted by Crippen LogP contribution is -2.39. The Bertz CT molecular complexity index is 783. The van der Waals surface area contributed by atoms with Crippen LogP contribution in [0.2, 0.25) is 0 Å². The van der Waals surface area contributed by atoms with Gasteiger partial charge in [-0.05, 0) is 25.8 Å². The number of hydrogen-bond acceptors (Lipinski definition) is 4. The van der Waals surface area contributed by atoms with Gasteiger partial charge in [-0.3, -0.25) is 0 Å². The number of nitrogens with one attached hydrogen (secondary N) is 1. The third-order valence-corrected chi connectivity index (χ3v) is 4.34. The van der Waals surface area contributed by atoms with Crippen molar-refractivity contribution in [2.75, 3.05) is 18.0 Å². The van der Waals surface area contributed by atoms with E-state index in [-0.39, 0.29) is 6.10 Å². The van der Waals surface area contributed by atoms with Crippen molar-refractivity contribution in [2.45, 2.75) is 25.9 Å². The average Bonchev–Trinajstić information content (AvgIpc) is 2.98. The number of β-amino-alcohol motifs (C(OH)–C–C–N with tert-alkyl or cyclic N) is 1. The maximum absolute atomic E-state index is 9.97. The van der Waals surface area contributed by atoms with Crippen LogP contribution in [-0.2, 0) is 0 Å². The van der Waals surface area contributed by atoms with E-state index in [1.807, 2.05) is 25.1 Å². The van der Waals surface area contributed by atoms with Crippen LogP contribution >= 0.6 is 0 Å². The number of anilines is 1. The van der Waals surface area contributed by atoms with Gasteiger partial charge in [0.15, 0.2) is 5.82 Å². The molecule has 118 valence electrons. The molecule has 0 amide bonds. The van der Waals surface area contributed by atoms with Crippen molar-refractivity contribution in [3.8, 4) is 22.6 Å². The Morgan fingerprint density at radius 1 is 1.22 bits per heavy atom. The fourth-order valence-corrected chi connectivity index (χ4v) is 3.24. The summed E-state index contributed by atoms with van der Waals surface area (Å²) in [7, 11) is 0. The smallest absolute Gasteiger partial charge is 0.158 e. The summed E-state index contributed by atoms with van der Waals surface area (Å²) in [6.45, 7) is 3.49. The molecule has 1 fully saturated rings. The molecule has 0 aliphatic carbocycles. The van der Waals surface area contributed by atoms with Crippen molar-refractivity contribution in [3.05, 3.63) is 42.2 Å². The number of aromatic amines is 1. The second kappa shape index (κ2) is 5.66. The van der Waals surface area contributed by atoms with Gasteiger partial charge < -0.3 is 15.0 Å². The van der Waals surface area contributed by atoms with Gasteiger partial charge in [0.1, 0.15) is 11.5 Å². The Morgan fingerprint density at radius 2 is 2.04 bits per heavy atom. The van der Waals surface area contributed by atoms with Gasteiger partial charge in [-0.25, -0.2) is 9.97 Å². The summed E-state index contributed by atoms with van der Waals surface area (Å²) in [4.78, 5) is 14.9. The molecule has 1 aromatic carbocycles. The minimum atomic E-state index is -0.284. The van der Waals surface area contributed by atoms with Gasteiger partial charge in [0.25, 0.3) is 0 Å². The summed E-state index contributed by atoms with van der Waals surface area (Å²) in [6.07, 6.45) is 1.56. The fraction of sp³-hybridized carbons (Fsp3) is 0.333. The van der Waals surface area contributed by atoms with Crippen LogP contribution in [0.25, 0.3) is 22.6 Å². The molecular formula is C18H20N4O. The van der Waals surface area contributed by atoms with Crippen molar-refractivity contribution in [1.29, 1.82) is 0 Å². The molecule has 1 saturated heterocycles. The van der Waals surface area contributed by atoms with E-state index in [4.69, 9.17) is 4.98 Å². The number of rotatable bonds is 2. The average molecular weight is 308 g/mol. The number of aliphatic hydroxyl groups is 1. The molecule has 0 spiro atoms. The molecule has 5 nitrogen and oxygen atoms in total. The number of aliphatic hydroxyl groups excluding tert-OH is 1. The molecule has 4 rings (SSSR count). The lowest BCUT2D eigenvalue weighted by atomic mass is 10.1. The maximum atomic E-state index is 9.97. The molecule has 5 heteroatoms. The van der Waals surface area contributed by atoms with Gasteiger partial charge in [-0.15, -0.1) is 0 Å². The molecule has 2 N–H and O–H groups in total. The van der Waals surface area contributed by atoms with Crippen molar-refractivity contribution >= 4 is 5.82 Å². The number of aromatic nitrogens is 3. The molecule has 0 radical (unpaired) electrons. The van der Waals surface area contributed by atoms with Crippen LogP contribution in [0.4, 0.5) is 5.82 Å². The Morgan fingerprint density at radius 3 is 2.83 bits per heavy atom. The first-order chi connectivity index (χ1) is 11.2. The second-order valence-corrected chi connectivity index (χ2v) is 6.16. The van der Waals surface area contributed by atoms with E-state index in [1.165, 1.54) is 0 Å². The quantitative estimate of drug-likeness (QED) is 0.764. The topological polar surface area (TPSA) is 65.0 Å². The number of benzene rings is 1. The van der Waals surface area contributed by atoms with Crippen molar-refractivity contribution < 1.29 is 5.11 Å². The lowest BCUT2D eigenvalue weighted by molar-refractivity contribution is 0.154. The molecule has 0 bridgehead atoms. The minimum Gasteiger partial charge on any atom is -0.391 e. The van der Waals surface area contributed by atoms with Crippen LogP contribution in [-0.4, -0.2) is 39.3 Å². The van der Waals surface area contributed by atoms with Crippen LogP contribution in [0.3, 0.4) is 0 Å². The highest BCUT2D eigenvalue weighted by molar-refractivity contribution is 5.78. The van der Waals surface area contributed by atoms with E-state index in [9.17, 15) is 5.11 Å². The zero-order chi connectivity index (χ0) is 15.8. The number of fused-ring (bicyclic) bond motifs is 1. The molecule has 23 heavy (non-hydrogen) atoms. The zero-order valence-corrected chi connectivity index (χ0v) is 13.2. The summed E-state index contributed by atoms with van der Waals surface area (Å²) < 4.78 is 0. The van der Waals surface area contributed by atoms with Gasteiger partial charge >= 0.3 is 0 Å². The van der Waals surface area contributed by atoms with Gasteiger partial charge in [0.05, 0.1) is 17.5 Å². The third kappa shape index (κ3) is 2.68. The first-order valence-corrected chi connectivity index (χ1v) is 8.06. The predicted molar refractivity (Wildman–Crippen MR) is 90.6 cm³/mol. The molecule has 1 atom stereocenters. The Kier molecular flexibility index (Phi) is 3.50. The minimum absolute atomic E-state index is 0.284. The summed E-state index contributed by atoms with van der Waals surface area (Å²) >= 11 is 0. The van der Waals surface area contributed by atoms with E-state index < -0.39 is 0 Å². The maximum Gasteiger partial charge on any atom is 0.158 e. The Balaban J connectivity index is 1.80. The third-order valence-electron chi connectivity index (χ3n) is 4.34. The van der Waals surface area contributed by atoms with Gasteiger partial charge in [-0.1, -0.05) is 30.3 Å². The molecular weight excluding hydrogens is 288 g/mol. The van der Waals surface area contributed by atoms with E-state index in [1.54, 1.807) is 0 Å². The number of hydrogen-bond donors (Lipinski definition) is 2. The highest BCUT2D eigenvalue weighted by atomic mass is 16.3. The molecule has 1 aromatic rings. The number of nitrogens with zero attached hydrogens (tertiary/aromatic N) is 3. The lowest BCUT2D eigenvalue weighted by Gasteiger charge is -2.31. The Hall–Kier alpha value is -2.40. The van der Waals surface area contributed by atoms with E-state index >= 15 is 0 Å². The molecule has 3 heterocycles. The van der Waals surface area contributed by atoms with Crippen LogP contribution < -0.4 is 4.90 Å². The van der Waals surface area contributed by atoms with Crippen molar-refractivity contribution in [1.82, 2.24) is 15.0 Å². The van der Waals surface area contributed by atoms with Crippen LogP contribution in [0.15, 0.2) is 36.4 Å². The van der Waals surface area contributed by atoms with Crippen LogP contribution in [0.1, 0.15) is 18.7 Å². The molecule has 3 aliphatic rings. The van der Waals surface area contributed by atoms with Crippen molar-refractivity contribution in [2.24, 2.45) is 0 Å². The summed E-state index contributed by atoms with van der Waals surface area (Å²) in [5.74, 6) is 1.73. The standard InChI is InChI=1S/C18H20N4O/c1-12-19-16-10-15(13-6-3-2-4-7-13)21-17(16)18(20-12)22-9-5-8-14(23)11-22/h2-4,6-7,10,14,23H,5,8-9,11H2,1H3,(H,19,20). The van der Waals surface area contributed by atoms with Gasteiger partial charge in [-0.2, -0.15) is 0 Å². The summed E-state index contributed by atoms with van der Waals surface area (Å²) in [6, 6.07) is 12.2. The largest absolute Gasteiger partial charge is 0.391 e. The molecule has 0 saturated carbocycles. The summed E-state index contributed by atoms with van der Waals surface area (Å²) in [5.41, 5.74) is 3.91. The highest BCUT2D eigenvalue weighted by Crippen LogP contribution is 2.34. The van der Waals surface area contributed by atoms with Crippen LogP contribution in [0.5, 0.6) is 0 Å². The first kappa shape index (κ1) is 14.2. The SMILES string of the molecule is Cc1nc(N2CCCC(O)C2)c2nc(-c3ccccc3)cc-2[nH]1. The van der Waals surface area contributed by atoms with Crippen molar-refractivity contribution in [3.63, 3.8) is 0 Å². The predicted octanol–water partition coefficient (Wildman–Crippen LogP) is 2.85. The Labute approximate surface area is 135 Å². The molecule has 3 aliphatic heterocycles. The first-order valence-electron chi connectivity index (χ1n) is 8.06. The second-order valence-electron chi connectivity index (χ2n) is 6.16. The fourth-order valence-electron chi connectivity index (χ4n) is 3.24. The van der Waals surface area contributed by atoms with E-state index in [0.29, 0.717) is 6.54 Å². The van der Waals surface area contributed by atoms with Gasteiger partial charge in [0, 0.05) is 18.7 Å².